The zero-order chi connectivity index (χ0) is 15.4. The predicted octanol–water partition coefficient (Wildman–Crippen LogP) is 2.75. The van der Waals surface area contributed by atoms with Gasteiger partial charge in [0.2, 0.25) is 0 Å². The lowest BCUT2D eigenvalue weighted by Gasteiger charge is -2.07. The number of hydrogen-bond acceptors (Lipinski definition) is 4. The van der Waals surface area contributed by atoms with Crippen LogP contribution in [0.4, 0.5) is 4.79 Å². The molecule has 2 rings (SSSR count). The molecule has 1 aliphatic heterocycles. The lowest BCUT2D eigenvalue weighted by molar-refractivity contribution is -0.140. The first-order chi connectivity index (χ1) is 9.97. The Labute approximate surface area is 125 Å². The summed E-state index contributed by atoms with van der Waals surface area (Å²) < 4.78 is 0. The lowest BCUT2D eigenvalue weighted by Crippen LogP contribution is -2.33. The molecule has 0 radical (unpaired) electrons. The standard InChI is InChI=1S/C15H13NO4S/c1-10(7-11-5-3-2-4-6-11)8-12-14(19)16(9-13(17)18)15(20)21-12/h2-8H,9H2,1H3,(H,17,18)/b10-7+,12-8-. The largest absolute Gasteiger partial charge is 0.480 e. The quantitative estimate of drug-likeness (QED) is 0.866. The lowest BCUT2D eigenvalue weighted by atomic mass is 10.1. The minimum atomic E-state index is -1.21. The normalized spacial score (nSPS) is 17.7. The van der Waals surface area contributed by atoms with Gasteiger partial charge in [-0.1, -0.05) is 36.4 Å². The molecule has 0 spiro atoms. The van der Waals surface area contributed by atoms with Crippen LogP contribution in [-0.2, 0) is 9.59 Å². The molecule has 6 heteroatoms. The molecular weight excluding hydrogens is 290 g/mol. The van der Waals surface area contributed by atoms with Crippen LogP contribution in [0, 0.1) is 0 Å². The third-order valence-electron chi connectivity index (χ3n) is 2.72. The monoisotopic (exact) mass is 303 g/mol. The zero-order valence-corrected chi connectivity index (χ0v) is 12.1. The van der Waals surface area contributed by atoms with Gasteiger partial charge in [0, 0.05) is 0 Å². The number of carbonyl (C=O) groups excluding carboxylic acids is 2. The fraction of sp³-hybridized carbons (Fsp3) is 0.133. The number of hydrogen-bond donors (Lipinski definition) is 1. The molecule has 1 N–H and O–H groups in total. The Bertz CT molecular complexity index is 649. The van der Waals surface area contributed by atoms with Gasteiger partial charge in [-0.05, 0) is 35.9 Å². The van der Waals surface area contributed by atoms with Gasteiger partial charge in [-0.15, -0.1) is 0 Å². The Morgan fingerprint density at radius 3 is 2.57 bits per heavy atom. The minimum Gasteiger partial charge on any atom is -0.480 e. The van der Waals surface area contributed by atoms with E-state index in [2.05, 4.69) is 0 Å². The van der Waals surface area contributed by atoms with E-state index in [0.717, 1.165) is 27.8 Å². The fourth-order valence-corrected chi connectivity index (χ4v) is 2.72. The molecule has 21 heavy (non-hydrogen) atoms. The summed E-state index contributed by atoms with van der Waals surface area (Å²) in [7, 11) is 0. The van der Waals surface area contributed by atoms with Crippen LogP contribution in [0.5, 0.6) is 0 Å². The number of benzene rings is 1. The van der Waals surface area contributed by atoms with Gasteiger partial charge in [-0.25, -0.2) is 0 Å². The van der Waals surface area contributed by atoms with Crippen molar-refractivity contribution in [2.75, 3.05) is 6.54 Å². The summed E-state index contributed by atoms with van der Waals surface area (Å²) in [5, 5.41) is 8.13. The molecule has 0 bridgehead atoms. The van der Waals surface area contributed by atoms with E-state index in [1.54, 1.807) is 6.08 Å². The average Bonchev–Trinajstić information content (AvgIpc) is 2.67. The van der Waals surface area contributed by atoms with Gasteiger partial charge >= 0.3 is 5.97 Å². The highest BCUT2D eigenvalue weighted by Crippen LogP contribution is 2.31. The Morgan fingerprint density at radius 1 is 1.29 bits per heavy atom. The third kappa shape index (κ3) is 3.82. The number of carboxylic acids is 1. The van der Waals surface area contributed by atoms with Gasteiger partial charge < -0.3 is 5.11 Å². The molecule has 1 fully saturated rings. The minimum absolute atomic E-state index is 0.242. The number of amides is 2. The molecular formula is C15H13NO4S. The smallest absolute Gasteiger partial charge is 0.323 e. The molecule has 0 aromatic heterocycles. The number of aliphatic carboxylic acids is 1. The summed E-state index contributed by atoms with van der Waals surface area (Å²) in [5.41, 5.74) is 1.79. The highest BCUT2D eigenvalue weighted by molar-refractivity contribution is 8.18. The number of carboxylic acid groups (broad SMARTS) is 1. The molecule has 0 unspecified atom stereocenters. The number of rotatable bonds is 4. The van der Waals surface area contributed by atoms with Gasteiger partial charge in [0.1, 0.15) is 6.54 Å². The highest BCUT2D eigenvalue weighted by Gasteiger charge is 2.36. The van der Waals surface area contributed by atoms with Gasteiger partial charge in [0.25, 0.3) is 11.1 Å². The number of carbonyl (C=O) groups is 3. The molecule has 1 heterocycles. The first-order valence-electron chi connectivity index (χ1n) is 6.18. The fourth-order valence-electron chi connectivity index (χ4n) is 1.83. The molecule has 0 atom stereocenters. The van der Waals surface area contributed by atoms with E-state index in [-0.39, 0.29) is 4.91 Å². The molecule has 2 amide bonds. The number of imide groups is 1. The summed E-state index contributed by atoms with van der Waals surface area (Å²) in [6.45, 7) is 1.21. The number of nitrogens with zero attached hydrogens (tertiary/aromatic N) is 1. The topological polar surface area (TPSA) is 74.7 Å². The van der Waals surface area contributed by atoms with Gasteiger partial charge in [-0.3, -0.25) is 19.3 Å². The second-order valence-corrected chi connectivity index (χ2v) is 5.45. The predicted molar refractivity (Wildman–Crippen MR) is 80.5 cm³/mol. The second kappa shape index (κ2) is 6.41. The Kier molecular flexibility index (Phi) is 4.59. The third-order valence-corrected chi connectivity index (χ3v) is 3.63. The summed E-state index contributed by atoms with van der Waals surface area (Å²) in [5.74, 6) is -1.77. The first kappa shape index (κ1) is 15.1. The maximum absolute atomic E-state index is 12.0. The van der Waals surface area contributed by atoms with Crippen molar-refractivity contribution in [1.29, 1.82) is 0 Å². The van der Waals surface area contributed by atoms with Crippen molar-refractivity contribution in [3.05, 3.63) is 52.4 Å². The summed E-state index contributed by atoms with van der Waals surface area (Å²) in [6.07, 6.45) is 3.48. The first-order valence-corrected chi connectivity index (χ1v) is 6.99. The van der Waals surface area contributed by atoms with E-state index in [1.165, 1.54) is 0 Å². The number of allylic oxidation sites excluding steroid dienone is 2. The van der Waals surface area contributed by atoms with Crippen molar-refractivity contribution in [3.8, 4) is 0 Å². The van der Waals surface area contributed by atoms with Gasteiger partial charge in [0.05, 0.1) is 4.91 Å². The maximum Gasteiger partial charge on any atom is 0.323 e. The van der Waals surface area contributed by atoms with Crippen LogP contribution >= 0.6 is 11.8 Å². The molecule has 0 saturated carbocycles. The van der Waals surface area contributed by atoms with Crippen LogP contribution in [0.25, 0.3) is 6.08 Å². The molecule has 108 valence electrons. The van der Waals surface area contributed by atoms with Crippen LogP contribution in [-0.4, -0.2) is 33.7 Å². The van der Waals surface area contributed by atoms with Crippen LogP contribution in [0.2, 0.25) is 0 Å². The van der Waals surface area contributed by atoms with Crippen molar-refractivity contribution >= 4 is 35.0 Å². The average molecular weight is 303 g/mol. The Hall–Kier alpha value is -2.34. The van der Waals surface area contributed by atoms with E-state index in [0.29, 0.717) is 0 Å². The van der Waals surface area contributed by atoms with E-state index in [9.17, 15) is 14.4 Å². The number of thioether (sulfide) groups is 1. The summed E-state index contributed by atoms with van der Waals surface area (Å²) in [4.78, 5) is 35.2. The van der Waals surface area contributed by atoms with Crippen LogP contribution in [0.15, 0.2) is 46.9 Å². The van der Waals surface area contributed by atoms with E-state index in [4.69, 9.17) is 5.11 Å². The molecule has 1 aromatic carbocycles. The van der Waals surface area contributed by atoms with Crippen molar-refractivity contribution < 1.29 is 19.5 Å². The van der Waals surface area contributed by atoms with Gasteiger partial charge in [-0.2, -0.15) is 0 Å². The van der Waals surface area contributed by atoms with Crippen LogP contribution in [0.1, 0.15) is 12.5 Å². The SMILES string of the molecule is CC(/C=C1\SC(=O)N(CC(=O)O)C1=O)=C\c1ccccc1. The Morgan fingerprint density at radius 2 is 1.95 bits per heavy atom. The Balaban J connectivity index is 2.18. The van der Waals surface area contributed by atoms with E-state index >= 15 is 0 Å². The van der Waals surface area contributed by atoms with Crippen LogP contribution in [0.3, 0.4) is 0 Å². The van der Waals surface area contributed by atoms with Crippen molar-refractivity contribution in [2.24, 2.45) is 0 Å². The summed E-state index contributed by atoms with van der Waals surface area (Å²) in [6, 6.07) is 9.56. The van der Waals surface area contributed by atoms with Crippen molar-refractivity contribution in [2.45, 2.75) is 6.92 Å². The summed E-state index contributed by atoms with van der Waals surface area (Å²) >= 11 is 0.757. The maximum atomic E-state index is 12.0. The van der Waals surface area contributed by atoms with E-state index < -0.39 is 23.7 Å². The van der Waals surface area contributed by atoms with Crippen LogP contribution < -0.4 is 0 Å². The molecule has 5 nitrogen and oxygen atoms in total. The van der Waals surface area contributed by atoms with Crippen molar-refractivity contribution in [1.82, 2.24) is 4.90 Å². The molecule has 0 aliphatic carbocycles. The van der Waals surface area contributed by atoms with Gasteiger partial charge in [0.15, 0.2) is 0 Å². The second-order valence-electron chi connectivity index (χ2n) is 4.46. The zero-order valence-electron chi connectivity index (χ0n) is 11.3. The molecule has 1 saturated heterocycles. The molecule has 1 aliphatic rings. The van der Waals surface area contributed by atoms with E-state index in [1.807, 2.05) is 43.3 Å². The highest BCUT2D eigenvalue weighted by atomic mass is 32.2. The van der Waals surface area contributed by atoms with Crippen molar-refractivity contribution in [3.63, 3.8) is 0 Å². The molecule has 1 aromatic rings.